The second-order valence-electron chi connectivity index (χ2n) is 8.31. The van der Waals surface area contributed by atoms with Crippen molar-refractivity contribution in [1.29, 1.82) is 0 Å². The number of pyridine rings is 1. The number of para-hydroxylation sites is 1. The van der Waals surface area contributed by atoms with E-state index in [0.717, 1.165) is 49.5 Å². The number of anilines is 2. The average Bonchev–Trinajstić information content (AvgIpc) is 2.86. The van der Waals surface area contributed by atoms with E-state index in [1.807, 2.05) is 42.5 Å². The Labute approximate surface area is 233 Å². The molecule has 0 fully saturated rings. The minimum Gasteiger partial charge on any atom is -0.508 e. The van der Waals surface area contributed by atoms with E-state index in [4.69, 9.17) is 28.2 Å². The van der Waals surface area contributed by atoms with Crippen LogP contribution in [0.4, 0.5) is 11.4 Å². The Bertz CT molecular complexity index is 1470. The highest BCUT2D eigenvalue weighted by atomic mass is 35.5. The zero-order valence-corrected chi connectivity index (χ0v) is 22.6. The van der Waals surface area contributed by atoms with E-state index in [-0.39, 0.29) is 30.6 Å². The third-order valence-corrected chi connectivity index (χ3v) is 6.46. The molecule has 0 amide bonds. The van der Waals surface area contributed by atoms with Crippen LogP contribution in [0.1, 0.15) is 5.56 Å². The molecule has 0 aliphatic heterocycles. The first-order valence-electron chi connectivity index (χ1n) is 11.3. The van der Waals surface area contributed by atoms with Crippen LogP contribution in [-0.2, 0) is 6.54 Å². The number of alkyl halides is 2. The van der Waals surface area contributed by atoms with Crippen molar-refractivity contribution in [3.8, 4) is 5.75 Å². The van der Waals surface area contributed by atoms with Crippen molar-refractivity contribution < 1.29 is 5.11 Å². The van der Waals surface area contributed by atoms with Crippen LogP contribution in [0, 0.1) is 0 Å². The molecule has 36 heavy (non-hydrogen) atoms. The number of benzene rings is 4. The first-order valence-corrected chi connectivity index (χ1v) is 12.4. The molecule has 1 heterocycles. The minimum absolute atomic E-state index is 0. The Morgan fingerprint density at radius 1 is 0.778 bits per heavy atom. The lowest BCUT2D eigenvalue weighted by Gasteiger charge is -2.21. The molecule has 0 atom stereocenters. The lowest BCUT2D eigenvalue weighted by molar-refractivity contribution is 0.294. The second-order valence-corrected chi connectivity index (χ2v) is 9.07. The molecule has 0 radical (unpaired) electrons. The molecule has 5 aromatic rings. The van der Waals surface area contributed by atoms with Crippen molar-refractivity contribution in [1.82, 2.24) is 9.88 Å². The number of hydrogen-bond acceptors (Lipinski definition) is 4. The molecule has 8 heteroatoms. The maximum atomic E-state index is 10.5. The predicted molar refractivity (Wildman–Crippen MR) is 159 cm³/mol. The highest BCUT2D eigenvalue weighted by molar-refractivity contribution is 6.18. The highest BCUT2D eigenvalue weighted by Crippen LogP contribution is 2.37. The molecule has 0 aliphatic carbocycles. The molecule has 188 valence electrons. The van der Waals surface area contributed by atoms with Crippen LogP contribution in [0.2, 0.25) is 0 Å². The summed E-state index contributed by atoms with van der Waals surface area (Å²) in [5, 5.41) is 18.5. The summed E-state index contributed by atoms with van der Waals surface area (Å²) in [7, 11) is 0. The van der Waals surface area contributed by atoms with Crippen molar-refractivity contribution in [2.45, 2.75) is 6.54 Å². The number of hydrogen-bond donors (Lipinski definition) is 2. The van der Waals surface area contributed by atoms with Gasteiger partial charge in [-0.25, -0.2) is 4.98 Å². The molecule has 0 saturated heterocycles. The first-order chi connectivity index (χ1) is 16.7. The van der Waals surface area contributed by atoms with Gasteiger partial charge in [-0.1, -0.05) is 54.6 Å². The van der Waals surface area contributed by atoms with Crippen LogP contribution in [0.3, 0.4) is 0 Å². The van der Waals surface area contributed by atoms with E-state index >= 15 is 0 Å². The zero-order valence-electron chi connectivity index (χ0n) is 19.5. The quantitative estimate of drug-likeness (QED) is 0.0867. The zero-order chi connectivity index (χ0) is 23.5. The standard InChI is InChI=1S/C28H25Cl2N3O.2ClH/c29-13-15-33(16-14-30)18-20-17-21(10-12-26(20)34)31-28-23-7-3-4-8-25(23)32-27-22-6-2-1-5-19(22)9-11-24(27)28;;/h1-12,17,34H,13-16,18H2,(H,31,32);2*1H. The number of fused-ring (bicyclic) bond motifs is 4. The van der Waals surface area contributed by atoms with Gasteiger partial charge in [-0.2, -0.15) is 0 Å². The lowest BCUT2D eigenvalue weighted by atomic mass is 10.0. The van der Waals surface area contributed by atoms with Crippen molar-refractivity contribution in [3.05, 3.63) is 84.4 Å². The van der Waals surface area contributed by atoms with Crippen LogP contribution < -0.4 is 5.32 Å². The molecule has 5 rings (SSSR count). The largest absolute Gasteiger partial charge is 0.508 e. The number of nitrogens with one attached hydrogen (secondary N) is 1. The minimum atomic E-state index is 0. The van der Waals surface area contributed by atoms with E-state index in [1.165, 1.54) is 0 Å². The Hall–Kier alpha value is -2.47. The highest BCUT2D eigenvalue weighted by Gasteiger charge is 2.14. The molecule has 0 saturated carbocycles. The summed E-state index contributed by atoms with van der Waals surface area (Å²) in [6.45, 7) is 1.99. The topological polar surface area (TPSA) is 48.4 Å². The van der Waals surface area contributed by atoms with Crippen LogP contribution in [0.5, 0.6) is 5.75 Å². The maximum absolute atomic E-state index is 10.5. The Balaban J connectivity index is 0.00000180. The summed E-state index contributed by atoms with van der Waals surface area (Å²) in [5.41, 5.74) is 4.63. The van der Waals surface area contributed by atoms with Crippen molar-refractivity contribution in [3.63, 3.8) is 0 Å². The fourth-order valence-electron chi connectivity index (χ4n) is 4.44. The second kappa shape index (κ2) is 12.7. The lowest BCUT2D eigenvalue weighted by Crippen LogP contribution is -2.27. The van der Waals surface area contributed by atoms with E-state index in [1.54, 1.807) is 6.07 Å². The third kappa shape index (κ3) is 5.74. The number of halogens is 4. The summed E-state index contributed by atoms with van der Waals surface area (Å²) in [6, 6.07) is 26.4. The number of aromatic hydroxyl groups is 1. The molecule has 0 unspecified atom stereocenters. The van der Waals surface area contributed by atoms with Gasteiger partial charge in [0.05, 0.1) is 16.7 Å². The third-order valence-electron chi connectivity index (χ3n) is 6.12. The van der Waals surface area contributed by atoms with Crippen molar-refractivity contribution in [2.24, 2.45) is 0 Å². The number of aromatic nitrogens is 1. The fraction of sp³-hybridized carbons (Fsp3) is 0.179. The molecule has 1 aromatic heterocycles. The first kappa shape index (κ1) is 28.1. The van der Waals surface area contributed by atoms with Crippen LogP contribution in [0.25, 0.3) is 32.6 Å². The molecule has 0 bridgehead atoms. The number of nitrogens with zero attached hydrogens (tertiary/aromatic N) is 2. The molecule has 4 aromatic carbocycles. The molecule has 4 nitrogen and oxygen atoms in total. The number of phenols is 1. The average molecular weight is 563 g/mol. The Morgan fingerprint density at radius 2 is 1.47 bits per heavy atom. The Morgan fingerprint density at radius 3 is 2.22 bits per heavy atom. The molecule has 0 spiro atoms. The van der Waals surface area contributed by atoms with E-state index in [2.05, 4.69) is 40.5 Å². The van der Waals surface area contributed by atoms with E-state index in [9.17, 15) is 5.11 Å². The van der Waals surface area contributed by atoms with Gasteiger partial charge in [0.15, 0.2) is 0 Å². The van der Waals surface area contributed by atoms with Gasteiger partial charge >= 0.3 is 0 Å². The number of rotatable bonds is 8. The fourth-order valence-corrected chi connectivity index (χ4v) is 4.92. The predicted octanol–water partition coefficient (Wildman–Crippen LogP) is 8.11. The van der Waals surface area contributed by atoms with Gasteiger partial charge in [0.25, 0.3) is 0 Å². The number of phenolic OH excluding ortho intramolecular Hbond substituents is 1. The molecule has 2 N–H and O–H groups in total. The van der Waals surface area contributed by atoms with Gasteiger partial charge < -0.3 is 10.4 Å². The van der Waals surface area contributed by atoms with Gasteiger partial charge in [-0.05, 0) is 29.7 Å². The summed E-state index contributed by atoms with van der Waals surface area (Å²) in [6.07, 6.45) is 0. The summed E-state index contributed by atoms with van der Waals surface area (Å²) < 4.78 is 0. The van der Waals surface area contributed by atoms with Crippen molar-refractivity contribution >= 4 is 92.0 Å². The SMILES string of the molecule is Cl.Cl.Oc1ccc(Nc2c3ccccc3nc3c2ccc2ccccc23)cc1CN(CCCl)CCCl. The smallest absolute Gasteiger partial charge is 0.120 e. The van der Waals surface area contributed by atoms with Crippen LogP contribution in [0.15, 0.2) is 78.9 Å². The summed E-state index contributed by atoms with van der Waals surface area (Å²) in [4.78, 5) is 7.15. The summed E-state index contributed by atoms with van der Waals surface area (Å²) in [5.74, 6) is 1.28. The van der Waals surface area contributed by atoms with Crippen LogP contribution in [-0.4, -0.2) is 39.8 Å². The molecular weight excluding hydrogens is 536 g/mol. The van der Waals surface area contributed by atoms with E-state index in [0.29, 0.717) is 31.4 Å². The maximum Gasteiger partial charge on any atom is 0.120 e. The van der Waals surface area contributed by atoms with Gasteiger partial charge in [0, 0.05) is 58.8 Å². The van der Waals surface area contributed by atoms with Gasteiger partial charge in [-0.15, -0.1) is 48.0 Å². The molecular formula is C28H27Cl4N3O. The van der Waals surface area contributed by atoms with Gasteiger partial charge in [0.1, 0.15) is 5.75 Å². The monoisotopic (exact) mass is 561 g/mol. The Kier molecular flexibility index (Phi) is 9.89. The van der Waals surface area contributed by atoms with Gasteiger partial charge in [-0.3, -0.25) is 4.90 Å². The van der Waals surface area contributed by atoms with Crippen molar-refractivity contribution in [2.75, 3.05) is 30.2 Å². The molecule has 0 aliphatic rings. The normalized spacial score (nSPS) is 11.0. The summed E-state index contributed by atoms with van der Waals surface area (Å²) >= 11 is 11.9. The van der Waals surface area contributed by atoms with Crippen LogP contribution >= 0.6 is 48.0 Å². The van der Waals surface area contributed by atoms with E-state index < -0.39 is 0 Å². The van der Waals surface area contributed by atoms with Gasteiger partial charge in [0.2, 0.25) is 0 Å².